The molecule has 1 aromatic rings. The van der Waals surface area contributed by atoms with Crippen LogP contribution in [0.3, 0.4) is 0 Å². The number of hydrogen-bond acceptors (Lipinski definition) is 3. The van der Waals surface area contributed by atoms with Gasteiger partial charge in [0.25, 0.3) is 0 Å². The number of benzene rings is 1. The maximum Gasteiger partial charge on any atom is 0.157 e. The van der Waals surface area contributed by atoms with E-state index in [4.69, 9.17) is 15.9 Å². The van der Waals surface area contributed by atoms with Crippen LogP contribution >= 0.6 is 0 Å². The van der Waals surface area contributed by atoms with Crippen LogP contribution < -0.4 is 5.73 Å². The van der Waals surface area contributed by atoms with Crippen molar-refractivity contribution in [2.75, 3.05) is 6.54 Å². The van der Waals surface area contributed by atoms with Crippen molar-refractivity contribution in [3.63, 3.8) is 0 Å². The smallest absolute Gasteiger partial charge is 0.157 e. The van der Waals surface area contributed by atoms with Gasteiger partial charge in [0.05, 0.1) is 0 Å². The first-order valence-corrected chi connectivity index (χ1v) is 3.45. The van der Waals surface area contributed by atoms with Gasteiger partial charge in [-0.3, -0.25) is 0 Å². The molecule has 0 saturated heterocycles. The van der Waals surface area contributed by atoms with Crippen LogP contribution in [-0.2, 0) is 6.42 Å². The highest BCUT2D eigenvalue weighted by molar-refractivity contribution is 5.75. The van der Waals surface area contributed by atoms with Gasteiger partial charge in [-0.2, -0.15) is 0 Å². The lowest BCUT2D eigenvalue weighted by molar-refractivity contribution is 0.403. The molecule has 0 heterocycles. The summed E-state index contributed by atoms with van der Waals surface area (Å²) in [6.45, 7) is 0.546. The van der Waals surface area contributed by atoms with E-state index in [1.54, 1.807) is 6.07 Å². The fraction of sp³-hybridized carbons (Fsp3) is 0.250. The fourth-order valence-corrected chi connectivity index (χ4v) is 0.891. The molecule has 0 saturated carbocycles. The minimum atomic E-state index is -0.0919. The van der Waals surface area contributed by atoms with Gasteiger partial charge < -0.3 is 15.9 Å². The van der Waals surface area contributed by atoms with Gasteiger partial charge in [-0.25, -0.2) is 0 Å². The SMILES string of the molecule is NCCc1ccc(O)c(O)c1.[SiH4]. The van der Waals surface area contributed by atoms with E-state index >= 15 is 0 Å². The van der Waals surface area contributed by atoms with Crippen molar-refractivity contribution in [2.45, 2.75) is 6.42 Å². The number of aromatic hydroxyl groups is 2. The Labute approximate surface area is 75.9 Å². The largest absolute Gasteiger partial charge is 0.504 e. The van der Waals surface area contributed by atoms with Gasteiger partial charge in [0, 0.05) is 0 Å². The summed E-state index contributed by atoms with van der Waals surface area (Å²) in [5.41, 5.74) is 6.24. The van der Waals surface area contributed by atoms with Crippen LogP contribution in [0.15, 0.2) is 18.2 Å². The topological polar surface area (TPSA) is 66.5 Å². The normalized spacial score (nSPS) is 9.08. The van der Waals surface area contributed by atoms with Crippen molar-refractivity contribution >= 4 is 11.0 Å². The molecule has 0 bridgehead atoms. The van der Waals surface area contributed by atoms with Crippen molar-refractivity contribution < 1.29 is 10.2 Å². The Morgan fingerprint density at radius 1 is 1.17 bits per heavy atom. The third kappa shape index (κ3) is 2.56. The summed E-state index contributed by atoms with van der Waals surface area (Å²) in [6, 6.07) is 4.71. The van der Waals surface area contributed by atoms with Crippen LogP contribution in [0.2, 0.25) is 0 Å². The molecule has 0 fully saturated rings. The summed E-state index contributed by atoms with van der Waals surface area (Å²) < 4.78 is 0. The van der Waals surface area contributed by atoms with E-state index in [2.05, 4.69) is 0 Å². The predicted octanol–water partition coefficient (Wildman–Crippen LogP) is -0.853. The molecular formula is C8H15NO2Si. The van der Waals surface area contributed by atoms with Gasteiger partial charge >= 0.3 is 0 Å². The van der Waals surface area contributed by atoms with Crippen molar-refractivity contribution in [3.05, 3.63) is 23.8 Å². The molecule has 1 rings (SSSR count). The predicted molar refractivity (Wildman–Crippen MR) is 53.9 cm³/mol. The number of rotatable bonds is 2. The lowest BCUT2D eigenvalue weighted by Crippen LogP contribution is -2.02. The van der Waals surface area contributed by atoms with E-state index < -0.39 is 0 Å². The minimum absolute atomic E-state index is 0. The third-order valence-electron chi connectivity index (χ3n) is 1.47. The Bertz CT molecular complexity index is 253. The Morgan fingerprint density at radius 3 is 2.33 bits per heavy atom. The summed E-state index contributed by atoms with van der Waals surface area (Å²) >= 11 is 0. The summed E-state index contributed by atoms with van der Waals surface area (Å²) in [5, 5.41) is 18.0. The van der Waals surface area contributed by atoms with Crippen molar-refractivity contribution in [1.29, 1.82) is 0 Å². The van der Waals surface area contributed by atoms with Crippen molar-refractivity contribution in [2.24, 2.45) is 5.73 Å². The monoisotopic (exact) mass is 185 g/mol. The maximum atomic E-state index is 9.04. The molecule has 4 heteroatoms. The second-order valence-corrected chi connectivity index (χ2v) is 2.36. The molecule has 0 aliphatic heterocycles. The Morgan fingerprint density at radius 2 is 1.83 bits per heavy atom. The van der Waals surface area contributed by atoms with Crippen LogP contribution in [-0.4, -0.2) is 27.7 Å². The zero-order chi connectivity index (χ0) is 8.27. The number of hydrogen-bond donors (Lipinski definition) is 3. The van der Waals surface area contributed by atoms with Gasteiger partial charge in [0.2, 0.25) is 0 Å². The maximum absolute atomic E-state index is 9.04. The van der Waals surface area contributed by atoms with Crippen LogP contribution in [0.4, 0.5) is 0 Å². The fourth-order valence-electron chi connectivity index (χ4n) is 0.891. The van der Waals surface area contributed by atoms with Crippen molar-refractivity contribution in [1.82, 2.24) is 0 Å². The summed E-state index contributed by atoms with van der Waals surface area (Å²) in [4.78, 5) is 0. The molecule has 0 aliphatic carbocycles. The van der Waals surface area contributed by atoms with Crippen LogP contribution in [0.5, 0.6) is 11.5 Å². The Balaban J connectivity index is 0.00000121. The first-order valence-electron chi connectivity index (χ1n) is 3.45. The van der Waals surface area contributed by atoms with Gasteiger partial charge in [0.15, 0.2) is 11.5 Å². The van der Waals surface area contributed by atoms with E-state index in [1.807, 2.05) is 0 Å². The molecule has 3 nitrogen and oxygen atoms in total. The Hall–Kier alpha value is -1.00. The number of phenols is 2. The van der Waals surface area contributed by atoms with E-state index in [0.29, 0.717) is 13.0 Å². The zero-order valence-corrected chi connectivity index (χ0v) is 6.12. The first-order chi connectivity index (χ1) is 5.24. The van der Waals surface area contributed by atoms with Crippen LogP contribution in [0.25, 0.3) is 0 Å². The molecular weight excluding hydrogens is 170 g/mol. The molecule has 0 atom stereocenters. The van der Waals surface area contributed by atoms with Crippen LogP contribution in [0, 0.1) is 0 Å². The first kappa shape index (κ1) is 11.0. The standard InChI is InChI=1S/C8H11NO2.H4Si/c9-4-3-6-1-2-7(10)8(11)5-6;/h1-2,5,10-11H,3-4,9H2;1H4. The highest BCUT2D eigenvalue weighted by Crippen LogP contribution is 2.24. The van der Waals surface area contributed by atoms with E-state index in [0.717, 1.165) is 5.56 Å². The average Bonchev–Trinajstić information content (AvgIpc) is 1.98. The molecule has 0 aromatic heterocycles. The lowest BCUT2D eigenvalue weighted by Gasteiger charge is -2.00. The van der Waals surface area contributed by atoms with Crippen LogP contribution in [0.1, 0.15) is 5.56 Å². The quantitative estimate of drug-likeness (QED) is 0.415. The molecule has 0 spiro atoms. The van der Waals surface area contributed by atoms with E-state index in [1.165, 1.54) is 12.1 Å². The van der Waals surface area contributed by atoms with Gasteiger partial charge in [0.1, 0.15) is 0 Å². The highest BCUT2D eigenvalue weighted by atomic mass is 28.1. The molecule has 0 unspecified atom stereocenters. The summed E-state index contributed by atoms with van der Waals surface area (Å²) in [7, 11) is 0. The number of phenolic OH excluding ortho intramolecular Hbond substituents is 2. The van der Waals surface area contributed by atoms with E-state index in [-0.39, 0.29) is 22.5 Å². The molecule has 1 aromatic carbocycles. The average molecular weight is 185 g/mol. The van der Waals surface area contributed by atoms with Gasteiger partial charge in [-0.05, 0) is 41.6 Å². The lowest BCUT2D eigenvalue weighted by atomic mass is 10.1. The zero-order valence-electron chi connectivity index (χ0n) is 6.12. The molecule has 0 amide bonds. The molecule has 0 radical (unpaired) electrons. The summed E-state index contributed by atoms with van der Waals surface area (Å²) in [5.74, 6) is -0.179. The van der Waals surface area contributed by atoms with Gasteiger partial charge in [-0.1, -0.05) is 6.07 Å². The third-order valence-corrected chi connectivity index (χ3v) is 1.47. The molecule has 68 valence electrons. The minimum Gasteiger partial charge on any atom is -0.504 e. The number of nitrogens with two attached hydrogens (primary N) is 1. The molecule has 4 N–H and O–H groups in total. The summed E-state index contributed by atoms with van der Waals surface area (Å²) in [6.07, 6.45) is 0.716. The van der Waals surface area contributed by atoms with Gasteiger partial charge in [-0.15, -0.1) is 0 Å². The second-order valence-electron chi connectivity index (χ2n) is 2.36. The van der Waals surface area contributed by atoms with Crippen molar-refractivity contribution in [3.8, 4) is 11.5 Å². The highest BCUT2D eigenvalue weighted by Gasteiger charge is 1.98. The molecule has 0 aliphatic rings. The van der Waals surface area contributed by atoms with E-state index in [9.17, 15) is 0 Å². The Kier molecular flexibility index (Phi) is 4.39. The molecule has 12 heavy (non-hydrogen) atoms. The second kappa shape index (κ2) is 4.79.